The van der Waals surface area contributed by atoms with Gasteiger partial charge in [-0.15, -0.1) is 11.3 Å². The quantitative estimate of drug-likeness (QED) is 0.557. The Morgan fingerprint density at radius 3 is 2.77 bits per heavy atom. The lowest BCUT2D eigenvalue weighted by Gasteiger charge is -2.47. The van der Waals surface area contributed by atoms with E-state index < -0.39 is 21.6 Å². The number of likely N-dealkylation sites (N-methyl/N-ethyl adjacent to an activating group) is 1. The molecule has 0 saturated carbocycles. The molecule has 1 spiro atoms. The number of aromatic nitrogens is 1. The summed E-state index contributed by atoms with van der Waals surface area (Å²) < 4.78 is 43.3. The highest BCUT2D eigenvalue weighted by Crippen LogP contribution is 2.44. The highest BCUT2D eigenvalue weighted by molar-refractivity contribution is 7.90. The largest absolute Gasteiger partial charge is 0.506 e. The first-order chi connectivity index (χ1) is 16.6. The van der Waals surface area contributed by atoms with Crippen molar-refractivity contribution in [2.45, 2.75) is 44.8 Å². The predicted molar refractivity (Wildman–Crippen MR) is 136 cm³/mol. The zero-order valence-electron chi connectivity index (χ0n) is 20.0. The molecule has 2 aliphatic rings. The van der Waals surface area contributed by atoms with Crippen molar-refractivity contribution in [3.63, 3.8) is 0 Å². The molecule has 1 N–H and O–H groups in total. The Kier molecular flexibility index (Phi) is 6.11. The third-order valence-corrected chi connectivity index (χ3v) is 10.2. The lowest BCUT2D eigenvalue weighted by atomic mass is 9.83. The predicted octanol–water partition coefficient (Wildman–Crippen LogP) is 4.38. The van der Waals surface area contributed by atoms with Gasteiger partial charge in [-0.3, -0.25) is 14.2 Å². The molecule has 3 aromatic rings. The fraction of sp³-hybridized carbons (Fsp3) is 0.400. The van der Waals surface area contributed by atoms with Crippen molar-refractivity contribution in [3.05, 3.63) is 65.0 Å². The summed E-state index contributed by atoms with van der Waals surface area (Å²) in [5, 5.41) is 12.4. The maximum atomic E-state index is 14.0. The van der Waals surface area contributed by atoms with Crippen molar-refractivity contribution in [1.29, 1.82) is 0 Å². The van der Waals surface area contributed by atoms with Crippen LogP contribution in [0.5, 0.6) is 5.75 Å². The van der Waals surface area contributed by atoms with E-state index in [9.17, 15) is 17.9 Å². The molecule has 2 aromatic heterocycles. The molecule has 1 aromatic carbocycles. The molecular formula is C25H29FN4O3S2. The molecule has 0 aliphatic carbocycles. The number of likely N-dealkylation sites (tertiary alicyclic amines) is 1. The number of piperidine rings is 1. The molecule has 2 atom stereocenters. The lowest BCUT2D eigenvalue weighted by Crippen LogP contribution is -2.57. The summed E-state index contributed by atoms with van der Waals surface area (Å²) in [7, 11) is -2.16. The van der Waals surface area contributed by atoms with Crippen LogP contribution in [0.2, 0.25) is 0 Å². The molecule has 10 heteroatoms. The molecular weight excluding hydrogens is 487 g/mol. The van der Waals surface area contributed by atoms with Gasteiger partial charge in [0.1, 0.15) is 11.6 Å². The molecule has 5 rings (SSSR count). The highest BCUT2D eigenvalue weighted by Gasteiger charge is 2.55. The number of pyridine rings is 1. The summed E-state index contributed by atoms with van der Waals surface area (Å²) in [6, 6.07) is 9.88. The number of rotatable bonds is 4. The van der Waals surface area contributed by atoms with Crippen LogP contribution in [0.1, 0.15) is 31.0 Å². The first kappa shape index (κ1) is 24.2. The van der Waals surface area contributed by atoms with E-state index in [4.69, 9.17) is 0 Å². The van der Waals surface area contributed by atoms with E-state index in [0.29, 0.717) is 38.2 Å². The van der Waals surface area contributed by atoms with Gasteiger partial charge in [0.05, 0.1) is 23.1 Å². The van der Waals surface area contributed by atoms with E-state index >= 15 is 0 Å². The van der Waals surface area contributed by atoms with E-state index in [1.54, 1.807) is 30.5 Å². The maximum Gasteiger partial charge on any atom is 0.304 e. The molecule has 0 amide bonds. The van der Waals surface area contributed by atoms with Crippen LogP contribution in [0.4, 0.5) is 10.1 Å². The van der Waals surface area contributed by atoms with Crippen LogP contribution in [0.25, 0.3) is 10.4 Å². The van der Waals surface area contributed by atoms with Gasteiger partial charge in [0.25, 0.3) is 0 Å². The van der Waals surface area contributed by atoms with Crippen LogP contribution in [0.15, 0.2) is 48.0 Å². The van der Waals surface area contributed by atoms with Crippen LogP contribution < -0.4 is 4.31 Å². The van der Waals surface area contributed by atoms with Crippen LogP contribution in [0.3, 0.4) is 0 Å². The van der Waals surface area contributed by atoms with Gasteiger partial charge in [-0.05, 0) is 68.0 Å². The Bertz CT molecular complexity index is 1360. The number of aryl methyl sites for hydroxylation is 1. The second-order valence-corrected chi connectivity index (χ2v) is 12.4. The fourth-order valence-corrected chi connectivity index (χ4v) is 8.21. The standard InChI is InChI=1S/C25H29FN4O3S2/c1-17-7-10-34-24(17)22-12-20(27-14-23(22)31)15-29-9-8-25(13-18(29)2)16-28(3)35(32,33)30(25)21-6-4-5-19(26)11-21/h4-7,10-12,14,18,31H,8-9,13,15-16H2,1-3H3/t18-,25+/m0/s1. The van der Waals surface area contributed by atoms with E-state index in [-0.39, 0.29) is 11.8 Å². The number of hydrogen-bond donors (Lipinski definition) is 1. The number of nitrogens with zero attached hydrogens (tertiary/aromatic N) is 4. The summed E-state index contributed by atoms with van der Waals surface area (Å²) >= 11 is 1.59. The summed E-state index contributed by atoms with van der Waals surface area (Å²) in [4.78, 5) is 7.79. The Morgan fingerprint density at radius 1 is 1.29 bits per heavy atom. The molecule has 186 valence electrons. The lowest BCUT2D eigenvalue weighted by molar-refractivity contribution is 0.0992. The second kappa shape index (κ2) is 8.85. The van der Waals surface area contributed by atoms with Crippen LogP contribution in [-0.4, -0.2) is 59.4 Å². The SMILES string of the molecule is Cc1ccsc1-c1cc(CN2CC[C@@]3(C[C@@H]2C)CN(C)S(=O)(=O)N3c2cccc(F)c2)ncc1O. The zero-order valence-corrected chi connectivity index (χ0v) is 21.6. The van der Waals surface area contributed by atoms with Crippen molar-refractivity contribution in [2.75, 3.05) is 24.4 Å². The van der Waals surface area contributed by atoms with Crippen molar-refractivity contribution in [1.82, 2.24) is 14.2 Å². The Balaban J connectivity index is 1.40. The molecule has 0 unspecified atom stereocenters. The smallest absolute Gasteiger partial charge is 0.304 e. The summed E-state index contributed by atoms with van der Waals surface area (Å²) in [5.74, 6) is -0.294. The Morgan fingerprint density at radius 2 is 2.09 bits per heavy atom. The van der Waals surface area contributed by atoms with Crippen LogP contribution in [0, 0.1) is 12.7 Å². The molecule has 2 saturated heterocycles. The Hall–Kier alpha value is -2.53. The topological polar surface area (TPSA) is 77.0 Å². The van der Waals surface area contributed by atoms with Gasteiger partial charge in [-0.25, -0.2) is 4.39 Å². The third kappa shape index (κ3) is 4.22. The average molecular weight is 517 g/mol. The first-order valence-electron chi connectivity index (χ1n) is 11.6. The van der Waals surface area contributed by atoms with Gasteiger partial charge in [-0.1, -0.05) is 6.07 Å². The van der Waals surface area contributed by atoms with E-state index in [1.165, 1.54) is 26.9 Å². The van der Waals surface area contributed by atoms with Gasteiger partial charge < -0.3 is 5.11 Å². The molecule has 7 nitrogen and oxygen atoms in total. The van der Waals surface area contributed by atoms with Crippen molar-refractivity contribution >= 4 is 27.2 Å². The fourth-order valence-electron chi connectivity index (χ4n) is 5.49. The number of benzene rings is 1. The first-order valence-corrected chi connectivity index (χ1v) is 13.9. The minimum atomic E-state index is -3.74. The molecule has 4 heterocycles. The highest BCUT2D eigenvalue weighted by atomic mass is 32.2. The number of hydrogen-bond acceptors (Lipinski definition) is 6. The van der Waals surface area contributed by atoms with E-state index in [1.807, 2.05) is 24.4 Å². The summed E-state index contributed by atoms with van der Waals surface area (Å²) in [5.41, 5.74) is 2.47. The maximum absolute atomic E-state index is 14.0. The number of halogens is 1. The number of aromatic hydroxyl groups is 1. The molecule has 0 bridgehead atoms. The summed E-state index contributed by atoms with van der Waals surface area (Å²) in [6.45, 7) is 5.75. The monoisotopic (exact) mass is 516 g/mol. The van der Waals surface area contributed by atoms with E-state index in [0.717, 1.165) is 21.7 Å². The number of thiophene rings is 1. The third-order valence-electron chi connectivity index (χ3n) is 7.19. The van der Waals surface area contributed by atoms with Crippen molar-refractivity contribution in [3.8, 4) is 16.2 Å². The van der Waals surface area contributed by atoms with Gasteiger partial charge in [0.2, 0.25) is 0 Å². The van der Waals surface area contributed by atoms with Gasteiger partial charge in [-0.2, -0.15) is 12.7 Å². The number of anilines is 1. The minimum absolute atomic E-state index is 0.0732. The van der Waals surface area contributed by atoms with E-state index in [2.05, 4.69) is 16.8 Å². The molecule has 0 radical (unpaired) electrons. The normalized spacial score (nSPS) is 24.9. The second-order valence-electron chi connectivity index (χ2n) is 9.63. The molecule has 2 aliphatic heterocycles. The van der Waals surface area contributed by atoms with Gasteiger partial charge in [0, 0.05) is 43.2 Å². The van der Waals surface area contributed by atoms with Gasteiger partial charge in [0.15, 0.2) is 0 Å². The zero-order chi connectivity index (χ0) is 25.0. The Labute approximate surface area is 209 Å². The van der Waals surface area contributed by atoms with Crippen LogP contribution >= 0.6 is 11.3 Å². The average Bonchev–Trinajstić information content (AvgIpc) is 3.29. The summed E-state index contributed by atoms with van der Waals surface area (Å²) in [6.07, 6.45) is 2.73. The van der Waals surface area contributed by atoms with Crippen LogP contribution in [-0.2, 0) is 16.8 Å². The van der Waals surface area contributed by atoms with Crippen molar-refractivity contribution < 1.29 is 17.9 Å². The minimum Gasteiger partial charge on any atom is -0.506 e. The molecule has 2 fully saturated rings. The van der Waals surface area contributed by atoms with Crippen molar-refractivity contribution in [2.24, 2.45) is 0 Å². The van der Waals surface area contributed by atoms with Gasteiger partial charge >= 0.3 is 10.2 Å². The molecule has 35 heavy (non-hydrogen) atoms.